The van der Waals surface area contributed by atoms with Crippen molar-refractivity contribution in [2.45, 2.75) is 6.92 Å². The molecule has 0 fully saturated rings. The number of aryl methyl sites for hydroxylation is 1. The predicted molar refractivity (Wildman–Crippen MR) is 87.9 cm³/mol. The Bertz CT molecular complexity index is 680. The lowest BCUT2D eigenvalue weighted by atomic mass is 10.2. The number of nitrogens with one attached hydrogen (secondary N) is 1. The first-order valence-electron chi connectivity index (χ1n) is 6.62. The van der Waals surface area contributed by atoms with Crippen LogP contribution in [0.1, 0.15) is 5.69 Å². The van der Waals surface area contributed by atoms with Crippen molar-refractivity contribution in [3.8, 4) is 0 Å². The Labute approximate surface area is 133 Å². The molecule has 1 N–H and O–H groups in total. The van der Waals surface area contributed by atoms with Gasteiger partial charge in [0, 0.05) is 12.7 Å². The highest BCUT2D eigenvalue weighted by molar-refractivity contribution is 6.40. The molecule has 0 unspecified atom stereocenters. The molecule has 0 atom stereocenters. The van der Waals surface area contributed by atoms with Crippen LogP contribution in [0.5, 0.6) is 0 Å². The molecule has 0 saturated carbocycles. The number of pyridine rings is 1. The quantitative estimate of drug-likeness (QED) is 0.915. The summed E-state index contributed by atoms with van der Waals surface area (Å²) in [5, 5.41) is 4.41. The number of aromatic nitrogens is 1. The zero-order valence-electron chi connectivity index (χ0n) is 11.5. The Hall–Kier alpha value is -1.78. The fraction of sp³-hybridized carbons (Fsp3) is 0.200. The molecule has 2 heterocycles. The van der Waals surface area contributed by atoms with Crippen molar-refractivity contribution in [3.05, 3.63) is 52.3 Å². The predicted octanol–water partition coefficient (Wildman–Crippen LogP) is 3.79. The normalized spacial score (nSPS) is 13.8. The van der Waals surface area contributed by atoms with Gasteiger partial charge in [-0.05, 0) is 31.2 Å². The highest BCUT2D eigenvalue weighted by Crippen LogP contribution is 2.38. The number of rotatable bonds is 2. The van der Waals surface area contributed by atoms with Gasteiger partial charge >= 0.3 is 0 Å². The fourth-order valence-electron chi connectivity index (χ4n) is 2.29. The number of aliphatic imine (C=N–C) groups is 1. The maximum absolute atomic E-state index is 6.38. The summed E-state index contributed by atoms with van der Waals surface area (Å²) in [6.45, 7) is 3.48. The lowest BCUT2D eigenvalue weighted by Gasteiger charge is -2.27. The third kappa shape index (κ3) is 2.69. The van der Waals surface area contributed by atoms with Gasteiger partial charge in [-0.1, -0.05) is 29.3 Å². The summed E-state index contributed by atoms with van der Waals surface area (Å²) in [5.74, 6) is 0.737. The topological polar surface area (TPSA) is 40.5 Å². The number of hydrogen-bond donors (Lipinski definition) is 1. The zero-order valence-corrected chi connectivity index (χ0v) is 13.0. The van der Waals surface area contributed by atoms with Crippen molar-refractivity contribution >= 4 is 40.5 Å². The summed E-state index contributed by atoms with van der Waals surface area (Å²) in [6.07, 6.45) is 1.76. The molecule has 0 amide bonds. The fourth-order valence-corrected chi connectivity index (χ4v) is 2.86. The van der Waals surface area contributed by atoms with Crippen molar-refractivity contribution in [2.24, 2.45) is 4.99 Å². The maximum Gasteiger partial charge on any atom is 0.203 e. The molecular formula is C15H14Cl2N4. The van der Waals surface area contributed by atoms with E-state index in [0.29, 0.717) is 15.7 Å². The van der Waals surface area contributed by atoms with Gasteiger partial charge in [-0.15, -0.1) is 0 Å². The van der Waals surface area contributed by atoms with Gasteiger partial charge in [0.1, 0.15) is 0 Å². The smallest absolute Gasteiger partial charge is 0.203 e. The number of nitrogens with zero attached hydrogens (tertiary/aromatic N) is 3. The molecule has 0 spiro atoms. The molecule has 2 aromatic rings. The number of para-hydroxylation sites is 1. The number of guanidine groups is 1. The Morgan fingerprint density at radius 1 is 1.14 bits per heavy atom. The van der Waals surface area contributed by atoms with Gasteiger partial charge in [0.15, 0.2) is 0 Å². The summed E-state index contributed by atoms with van der Waals surface area (Å²) >= 11 is 12.8. The Morgan fingerprint density at radius 3 is 2.52 bits per heavy atom. The number of anilines is 2. The Kier molecular flexibility index (Phi) is 3.99. The molecule has 3 rings (SSSR count). The third-order valence-electron chi connectivity index (χ3n) is 3.25. The van der Waals surface area contributed by atoms with Gasteiger partial charge in [-0.3, -0.25) is 14.9 Å². The summed E-state index contributed by atoms with van der Waals surface area (Å²) in [5.41, 5.74) is 2.50. The number of hydrogen-bond acceptors (Lipinski definition) is 4. The summed E-state index contributed by atoms with van der Waals surface area (Å²) in [7, 11) is 0. The van der Waals surface area contributed by atoms with Gasteiger partial charge in [-0.25, -0.2) is 0 Å². The van der Waals surface area contributed by atoms with E-state index in [1.165, 1.54) is 0 Å². The number of benzene rings is 1. The van der Waals surface area contributed by atoms with Crippen LogP contribution in [0.2, 0.25) is 10.0 Å². The van der Waals surface area contributed by atoms with E-state index in [1.54, 1.807) is 6.20 Å². The highest BCUT2D eigenvalue weighted by atomic mass is 35.5. The van der Waals surface area contributed by atoms with Crippen molar-refractivity contribution in [2.75, 3.05) is 18.0 Å². The molecule has 1 aliphatic rings. The maximum atomic E-state index is 6.38. The van der Waals surface area contributed by atoms with Gasteiger partial charge < -0.3 is 5.32 Å². The molecule has 21 heavy (non-hydrogen) atoms. The summed E-state index contributed by atoms with van der Waals surface area (Å²) in [6, 6.07) is 9.32. The van der Waals surface area contributed by atoms with E-state index in [2.05, 4.69) is 15.3 Å². The van der Waals surface area contributed by atoms with Crippen LogP contribution in [0.25, 0.3) is 0 Å². The van der Waals surface area contributed by atoms with E-state index >= 15 is 0 Å². The van der Waals surface area contributed by atoms with Crippen LogP contribution in [-0.4, -0.2) is 24.0 Å². The minimum absolute atomic E-state index is 0.571. The van der Waals surface area contributed by atoms with Crippen LogP contribution in [0.3, 0.4) is 0 Å². The second-order valence-electron chi connectivity index (χ2n) is 4.65. The van der Waals surface area contributed by atoms with Gasteiger partial charge in [0.2, 0.25) is 5.96 Å². The van der Waals surface area contributed by atoms with Crippen LogP contribution in [0.4, 0.5) is 11.4 Å². The molecule has 0 saturated heterocycles. The van der Waals surface area contributed by atoms with E-state index in [-0.39, 0.29) is 0 Å². The first-order valence-corrected chi connectivity index (χ1v) is 7.38. The van der Waals surface area contributed by atoms with E-state index in [9.17, 15) is 0 Å². The van der Waals surface area contributed by atoms with Gasteiger partial charge in [0.05, 0.1) is 33.7 Å². The summed E-state index contributed by atoms with van der Waals surface area (Å²) in [4.78, 5) is 10.8. The molecule has 108 valence electrons. The van der Waals surface area contributed by atoms with Crippen LogP contribution in [0.15, 0.2) is 41.5 Å². The Balaban J connectivity index is 2.20. The van der Waals surface area contributed by atoms with Crippen LogP contribution in [0, 0.1) is 6.92 Å². The van der Waals surface area contributed by atoms with Crippen molar-refractivity contribution < 1.29 is 0 Å². The molecule has 1 aromatic carbocycles. The van der Waals surface area contributed by atoms with Crippen molar-refractivity contribution in [1.82, 2.24) is 10.3 Å². The molecular weight excluding hydrogens is 307 g/mol. The molecule has 6 heteroatoms. The van der Waals surface area contributed by atoms with Crippen LogP contribution < -0.4 is 10.2 Å². The van der Waals surface area contributed by atoms with E-state index in [4.69, 9.17) is 23.2 Å². The minimum Gasteiger partial charge on any atom is -0.354 e. The highest BCUT2D eigenvalue weighted by Gasteiger charge is 2.24. The van der Waals surface area contributed by atoms with Crippen LogP contribution in [-0.2, 0) is 0 Å². The van der Waals surface area contributed by atoms with E-state index in [0.717, 1.165) is 30.4 Å². The second kappa shape index (κ2) is 5.92. The molecule has 4 nitrogen and oxygen atoms in total. The SMILES string of the molecule is Cc1ncccc1N(C1=NCCN1)c1c(Cl)cccc1Cl. The average molecular weight is 321 g/mol. The monoisotopic (exact) mass is 320 g/mol. The van der Waals surface area contributed by atoms with Crippen molar-refractivity contribution in [1.29, 1.82) is 0 Å². The average Bonchev–Trinajstić information content (AvgIpc) is 2.98. The standard InChI is InChI=1S/C15H14Cl2N4/c1-10-13(6-3-7-18-10)21(15-19-8-9-20-15)14-11(16)4-2-5-12(14)17/h2-7H,8-9H2,1H3,(H,19,20). The first kappa shape index (κ1) is 14.2. The molecule has 0 bridgehead atoms. The molecule has 1 aliphatic heterocycles. The van der Waals surface area contributed by atoms with E-state index in [1.807, 2.05) is 42.2 Å². The van der Waals surface area contributed by atoms with E-state index < -0.39 is 0 Å². The van der Waals surface area contributed by atoms with Crippen LogP contribution >= 0.6 is 23.2 Å². The largest absolute Gasteiger partial charge is 0.354 e. The molecule has 0 aliphatic carbocycles. The Morgan fingerprint density at radius 2 is 1.90 bits per heavy atom. The lowest BCUT2D eigenvalue weighted by Crippen LogP contribution is -2.36. The third-order valence-corrected chi connectivity index (χ3v) is 3.86. The van der Waals surface area contributed by atoms with Gasteiger partial charge in [0.25, 0.3) is 0 Å². The molecule has 1 aromatic heterocycles. The summed E-state index contributed by atoms with van der Waals surface area (Å²) < 4.78 is 0. The van der Waals surface area contributed by atoms with Crippen molar-refractivity contribution in [3.63, 3.8) is 0 Å². The number of halogens is 2. The minimum atomic E-state index is 0.571. The first-order chi connectivity index (χ1) is 10.2. The second-order valence-corrected chi connectivity index (χ2v) is 5.46. The van der Waals surface area contributed by atoms with Gasteiger partial charge in [-0.2, -0.15) is 0 Å². The lowest BCUT2D eigenvalue weighted by molar-refractivity contribution is 0.953. The zero-order chi connectivity index (χ0) is 14.8. The molecule has 0 radical (unpaired) electrons.